The van der Waals surface area contributed by atoms with Crippen LogP contribution in [0.25, 0.3) is 17.0 Å². The molecule has 0 aliphatic heterocycles. The van der Waals surface area contributed by atoms with Crippen LogP contribution in [0.4, 0.5) is 0 Å². The predicted octanol–water partition coefficient (Wildman–Crippen LogP) is 4.07. The van der Waals surface area contributed by atoms with Crippen molar-refractivity contribution in [3.63, 3.8) is 0 Å². The Kier molecular flexibility index (Phi) is 6.14. The van der Waals surface area contributed by atoms with E-state index in [0.717, 1.165) is 16.5 Å². The number of benzene rings is 2. The van der Waals surface area contributed by atoms with E-state index in [-0.39, 0.29) is 29.9 Å². The molecule has 0 amide bonds. The Balaban J connectivity index is 1.80. The molecule has 0 bridgehead atoms. The van der Waals surface area contributed by atoms with Crippen LogP contribution in [0.5, 0.6) is 11.5 Å². The van der Waals surface area contributed by atoms with Gasteiger partial charge < -0.3 is 20.3 Å². The average molecular weight is 390 g/mol. The third kappa shape index (κ3) is 5.13. The largest absolute Gasteiger partial charge is 0.504 e. The van der Waals surface area contributed by atoms with Crippen LogP contribution in [-0.2, 0) is 9.53 Å². The summed E-state index contributed by atoms with van der Waals surface area (Å²) in [5.74, 6) is -0.728. The highest BCUT2D eigenvalue weighted by Gasteiger charge is 2.17. The number of carbonyl (C=O) groups excluding carboxylic acids is 1. The fourth-order valence-corrected chi connectivity index (χ4v) is 2.89. The predicted molar refractivity (Wildman–Crippen MR) is 112 cm³/mol. The van der Waals surface area contributed by atoms with Crippen LogP contribution in [0.15, 0.2) is 73.1 Å². The molecule has 0 spiro atoms. The normalized spacial score (nSPS) is 12.0. The number of esters is 1. The van der Waals surface area contributed by atoms with Crippen LogP contribution in [0, 0.1) is 0 Å². The minimum atomic E-state index is -0.370. The van der Waals surface area contributed by atoms with Crippen molar-refractivity contribution in [2.75, 3.05) is 7.11 Å². The summed E-state index contributed by atoms with van der Waals surface area (Å²) in [5.41, 5.74) is 2.98. The molecule has 0 fully saturated rings. The van der Waals surface area contributed by atoms with E-state index >= 15 is 0 Å². The molecule has 1 heterocycles. The lowest BCUT2D eigenvalue weighted by Gasteiger charge is -2.19. The van der Waals surface area contributed by atoms with Crippen LogP contribution in [0.3, 0.4) is 0 Å². The third-order valence-electron chi connectivity index (χ3n) is 4.45. The van der Waals surface area contributed by atoms with Gasteiger partial charge in [-0.25, -0.2) is 0 Å². The summed E-state index contributed by atoms with van der Waals surface area (Å²) in [7, 11) is 1.35. The number of phenols is 2. The first-order valence-corrected chi connectivity index (χ1v) is 9.03. The quantitative estimate of drug-likeness (QED) is 0.320. The number of nitrogens with zero attached hydrogens (tertiary/aromatic N) is 1. The molecular weight excluding hydrogens is 368 g/mol. The van der Waals surface area contributed by atoms with E-state index in [4.69, 9.17) is 4.74 Å². The van der Waals surface area contributed by atoms with Crippen molar-refractivity contribution >= 4 is 22.9 Å². The first-order chi connectivity index (χ1) is 14.0. The molecule has 2 aromatic carbocycles. The molecule has 1 atom stereocenters. The molecule has 6 heteroatoms. The van der Waals surface area contributed by atoms with Crippen LogP contribution < -0.4 is 5.32 Å². The molecule has 3 aromatic rings. The number of aromatic hydroxyl groups is 2. The van der Waals surface area contributed by atoms with Crippen LogP contribution in [0.1, 0.15) is 23.6 Å². The molecular formula is C23H22N2O4. The Morgan fingerprint density at radius 2 is 2.00 bits per heavy atom. The van der Waals surface area contributed by atoms with Crippen molar-refractivity contribution in [2.45, 2.75) is 12.5 Å². The van der Waals surface area contributed by atoms with Gasteiger partial charge in [-0.1, -0.05) is 36.9 Å². The van der Waals surface area contributed by atoms with Crippen molar-refractivity contribution < 1.29 is 19.7 Å². The summed E-state index contributed by atoms with van der Waals surface area (Å²) in [6.45, 7) is 3.99. The number of hydrogen-bond acceptors (Lipinski definition) is 6. The van der Waals surface area contributed by atoms with Crippen molar-refractivity contribution in [1.82, 2.24) is 10.3 Å². The highest BCUT2D eigenvalue weighted by molar-refractivity contribution is 5.79. The SMILES string of the molecule is C=C(/C=C/c1ccc(O)c(O)c1)NC(CC(=O)OC)c1cnc2ccccc2c1. The molecule has 6 nitrogen and oxygen atoms in total. The Labute approximate surface area is 168 Å². The number of ether oxygens (including phenoxy) is 1. The number of nitrogens with one attached hydrogen (secondary N) is 1. The van der Waals surface area contributed by atoms with Gasteiger partial charge in [-0.3, -0.25) is 9.78 Å². The first-order valence-electron chi connectivity index (χ1n) is 9.03. The second-order valence-electron chi connectivity index (χ2n) is 6.55. The standard InChI is InChI=1S/C23H22N2O4/c1-15(7-8-16-9-10-21(26)22(27)11-16)25-20(13-23(28)29-2)18-12-17-5-3-4-6-19(17)24-14-18/h3-12,14,20,25-27H,1,13H2,2H3/b8-7+. The molecule has 1 unspecified atom stereocenters. The second kappa shape index (κ2) is 8.93. The Hall–Kier alpha value is -3.80. The van der Waals surface area contributed by atoms with E-state index in [1.807, 2.05) is 30.3 Å². The van der Waals surface area contributed by atoms with Gasteiger partial charge in [-0.05, 0) is 41.5 Å². The summed E-state index contributed by atoms with van der Waals surface area (Å²) >= 11 is 0. The van der Waals surface area contributed by atoms with Crippen molar-refractivity contribution in [2.24, 2.45) is 0 Å². The van der Waals surface area contributed by atoms with Gasteiger partial charge in [0.05, 0.1) is 25.1 Å². The zero-order chi connectivity index (χ0) is 20.8. The minimum Gasteiger partial charge on any atom is -0.504 e. The third-order valence-corrected chi connectivity index (χ3v) is 4.45. The van der Waals surface area contributed by atoms with Gasteiger partial charge in [0.15, 0.2) is 11.5 Å². The minimum absolute atomic E-state index is 0.114. The summed E-state index contributed by atoms with van der Waals surface area (Å²) in [6, 6.07) is 13.9. The number of rotatable bonds is 7. The van der Waals surface area contributed by atoms with E-state index in [1.54, 1.807) is 24.4 Å². The molecule has 148 valence electrons. The monoisotopic (exact) mass is 390 g/mol. The number of para-hydroxylation sites is 1. The summed E-state index contributed by atoms with van der Waals surface area (Å²) < 4.78 is 4.83. The first kappa shape index (κ1) is 19.9. The Bertz CT molecular complexity index is 1080. The van der Waals surface area contributed by atoms with Crippen molar-refractivity contribution in [3.05, 3.63) is 84.2 Å². The molecule has 29 heavy (non-hydrogen) atoms. The molecule has 3 rings (SSSR count). The number of methoxy groups -OCH3 is 1. The van der Waals surface area contributed by atoms with Gasteiger partial charge in [0.2, 0.25) is 0 Å². The molecule has 0 saturated carbocycles. The Morgan fingerprint density at radius 1 is 1.21 bits per heavy atom. The molecule has 1 aromatic heterocycles. The smallest absolute Gasteiger partial charge is 0.307 e. The van der Waals surface area contributed by atoms with Gasteiger partial charge in [-0.2, -0.15) is 0 Å². The van der Waals surface area contributed by atoms with Crippen LogP contribution >= 0.6 is 0 Å². The number of pyridine rings is 1. The maximum absolute atomic E-state index is 11.9. The van der Waals surface area contributed by atoms with E-state index < -0.39 is 0 Å². The lowest BCUT2D eigenvalue weighted by molar-refractivity contribution is -0.141. The van der Waals surface area contributed by atoms with Crippen molar-refractivity contribution in [1.29, 1.82) is 0 Å². The van der Waals surface area contributed by atoms with E-state index in [1.165, 1.54) is 19.2 Å². The maximum atomic E-state index is 11.9. The lowest BCUT2D eigenvalue weighted by Crippen LogP contribution is -2.23. The number of hydrogen-bond donors (Lipinski definition) is 3. The van der Waals surface area contributed by atoms with E-state index in [9.17, 15) is 15.0 Å². The maximum Gasteiger partial charge on any atom is 0.307 e. The second-order valence-corrected chi connectivity index (χ2v) is 6.55. The van der Waals surface area contributed by atoms with Gasteiger partial charge in [-0.15, -0.1) is 0 Å². The van der Waals surface area contributed by atoms with Gasteiger partial charge in [0, 0.05) is 17.3 Å². The average Bonchev–Trinajstić information content (AvgIpc) is 2.73. The zero-order valence-corrected chi connectivity index (χ0v) is 16.0. The van der Waals surface area contributed by atoms with E-state index in [2.05, 4.69) is 16.9 Å². The molecule has 0 aliphatic carbocycles. The fourth-order valence-electron chi connectivity index (χ4n) is 2.89. The van der Waals surface area contributed by atoms with Gasteiger partial charge in [0.25, 0.3) is 0 Å². The Morgan fingerprint density at radius 3 is 2.76 bits per heavy atom. The molecule has 3 N–H and O–H groups in total. The lowest BCUT2D eigenvalue weighted by atomic mass is 10.0. The summed E-state index contributed by atoms with van der Waals surface area (Å²) in [4.78, 5) is 16.4. The number of aromatic nitrogens is 1. The van der Waals surface area contributed by atoms with Gasteiger partial charge >= 0.3 is 5.97 Å². The van der Waals surface area contributed by atoms with E-state index in [0.29, 0.717) is 11.3 Å². The van der Waals surface area contributed by atoms with Crippen LogP contribution in [-0.4, -0.2) is 28.3 Å². The molecule has 0 radical (unpaired) electrons. The van der Waals surface area contributed by atoms with Crippen LogP contribution in [0.2, 0.25) is 0 Å². The molecule has 0 saturated heterocycles. The topological polar surface area (TPSA) is 91.7 Å². The highest BCUT2D eigenvalue weighted by atomic mass is 16.5. The van der Waals surface area contributed by atoms with Gasteiger partial charge in [0.1, 0.15) is 0 Å². The number of carbonyl (C=O) groups is 1. The number of allylic oxidation sites excluding steroid dienone is 1. The van der Waals surface area contributed by atoms with Crippen molar-refractivity contribution in [3.8, 4) is 11.5 Å². The number of fused-ring (bicyclic) bond motifs is 1. The summed E-state index contributed by atoms with van der Waals surface area (Å²) in [5, 5.41) is 23.2. The fraction of sp³-hybridized carbons (Fsp3) is 0.130. The number of phenolic OH excluding ortho intramolecular Hbond substituents is 2. The summed E-state index contributed by atoms with van der Waals surface area (Å²) in [6.07, 6.45) is 5.31. The highest BCUT2D eigenvalue weighted by Crippen LogP contribution is 2.26. The molecule has 0 aliphatic rings. The zero-order valence-electron chi connectivity index (χ0n) is 16.0.